The van der Waals surface area contributed by atoms with Gasteiger partial charge in [-0.3, -0.25) is 0 Å². The van der Waals surface area contributed by atoms with E-state index in [-0.39, 0.29) is 0 Å². The maximum atomic E-state index is 9.54. The molecule has 0 aliphatic heterocycles. The van der Waals surface area contributed by atoms with Gasteiger partial charge >= 0.3 is 0 Å². The number of aliphatic hydroxyl groups excluding tert-OH is 2. The lowest BCUT2D eigenvalue weighted by molar-refractivity contribution is 0.0165. The SMILES string of the molecule is CC[C@@H](O)[C@H](O)c1ccccc1. The van der Waals surface area contributed by atoms with Crippen LogP contribution >= 0.6 is 0 Å². The third kappa shape index (κ3) is 2.06. The molecule has 2 atom stereocenters. The van der Waals surface area contributed by atoms with Crippen LogP contribution in [-0.4, -0.2) is 16.3 Å². The van der Waals surface area contributed by atoms with E-state index < -0.39 is 12.2 Å². The molecule has 0 saturated heterocycles. The van der Waals surface area contributed by atoms with Crippen LogP contribution in [0.15, 0.2) is 30.3 Å². The zero-order chi connectivity index (χ0) is 8.97. The Balaban J connectivity index is 2.71. The Morgan fingerprint density at radius 1 is 1.17 bits per heavy atom. The van der Waals surface area contributed by atoms with Crippen molar-refractivity contribution in [3.05, 3.63) is 35.9 Å². The van der Waals surface area contributed by atoms with Crippen LogP contribution in [0.1, 0.15) is 25.0 Å². The molecular weight excluding hydrogens is 152 g/mol. The molecular formula is C10H14O2. The molecule has 1 aromatic carbocycles. The minimum Gasteiger partial charge on any atom is -0.390 e. The van der Waals surface area contributed by atoms with Crippen molar-refractivity contribution in [1.82, 2.24) is 0 Å². The van der Waals surface area contributed by atoms with Crippen molar-refractivity contribution in [2.75, 3.05) is 0 Å². The van der Waals surface area contributed by atoms with Gasteiger partial charge in [-0.2, -0.15) is 0 Å². The molecule has 0 bridgehead atoms. The summed E-state index contributed by atoms with van der Waals surface area (Å²) >= 11 is 0. The topological polar surface area (TPSA) is 40.5 Å². The summed E-state index contributed by atoms with van der Waals surface area (Å²) in [6.45, 7) is 1.84. The maximum Gasteiger partial charge on any atom is 0.105 e. The molecule has 0 saturated carbocycles. The average molecular weight is 166 g/mol. The molecule has 2 heteroatoms. The van der Waals surface area contributed by atoms with Crippen LogP contribution in [0.4, 0.5) is 0 Å². The summed E-state index contributed by atoms with van der Waals surface area (Å²) in [5, 5.41) is 18.9. The van der Waals surface area contributed by atoms with Gasteiger partial charge in [0.15, 0.2) is 0 Å². The van der Waals surface area contributed by atoms with Gasteiger partial charge in [0.05, 0.1) is 6.10 Å². The monoisotopic (exact) mass is 166 g/mol. The molecule has 0 aliphatic carbocycles. The molecule has 0 amide bonds. The quantitative estimate of drug-likeness (QED) is 0.714. The van der Waals surface area contributed by atoms with Crippen molar-refractivity contribution in [1.29, 1.82) is 0 Å². The Bertz CT molecular complexity index is 221. The van der Waals surface area contributed by atoms with Crippen molar-refractivity contribution in [2.45, 2.75) is 25.6 Å². The highest BCUT2D eigenvalue weighted by Crippen LogP contribution is 2.17. The van der Waals surface area contributed by atoms with Crippen molar-refractivity contribution in [2.24, 2.45) is 0 Å². The Morgan fingerprint density at radius 3 is 2.25 bits per heavy atom. The van der Waals surface area contributed by atoms with Crippen LogP contribution < -0.4 is 0 Å². The molecule has 0 fully saturated rings. The summed E-state index contributed by atoms with van der Waals surface area (Å²) in [6, 6.07) is 9.20. The third-order valence-corrected chi connectivity index (χ3v) is 1.92. The van der Waals surface area contributed by atoms with E-state index in [0.29, 0.717) is 6.42 Å². The first kappa shape index (κ1) is 9.23. The van der Waals surface area contributed by atoms with Crippen LogP contribution in [0.3, 0.4) is 0 Å². The van der Waals surface area contributed by atoms with E-state index in [2.05, 4.69) is 0 Å². The van der Waals surface area contributed by atoms with Crippen LogP contribution in [-0.2, 0) is 0 Å². The van der Waals surface area contributed by atoms with E-state index in [0.717, 1.165) is 5.56 Å². The van der Waals surface area contributed by atoms with E-state index in [1.807, 2.05) is 37.3 Å². The highest BCUT2D eigenvalue weighted by Gasteiger charge is 2.15. The Kier molecular flexibility index (Phi) is 3.26. The van der Waals surface area contributed by atoms with Crippen molar-refractivity contribution >= 4 is 0 Å². The van der Waals surface area contributed by atoms with Gasteiger partial charge in [0.25, 0.3) is 0 Å². The van der Waals surface area contributed by atoms with E-state index >= 15 is 0 Å². The van der Waals surface area contributed by atoms with Gasteiger partial charge in [0.1, 0.15) is 6.10 Å². The summed E-state index contributed by atoms with van der Waals surface area (Å²) in [5.41, 5.74) is 0.770. The predicted molar refractivity (Wildman–Crippen MR) is 47.7 cm³/mol. The minimum atomic E-state index is -0.754. The van der Waals surface area contributed by atoms with Gasteiger partial charge < -0.3 is 10.2 Å². The second kappa shape index (κ2) is 4.24. The van der Waals surface area contributed by atoms with Gasteiger partial charge in [-0.25, -0.2) is 0 Å². The minimum absolute atomic E-state index is 0.566. The molecule has 12 heavy (non-hydrogen) atoms. The van der Waals surface area contributed by atoms with Crippen LogP contribution in [0.2, 0.25) is 0 Å². The summed E-state index contributed by atoms with van der Waals surface area (Å²) in [5.74, 6) is 0. The van der Waals surface area contributed by atoms with Crippen LogP contribution in [0.25, 0.3) is 0 Å². The first-order chi connectivity index (χ1) is 5.75. The van der Waals surface area contributed by atoms with Gasteiger partial charge in [0.2, 0.25) is 0 Å². The number of rotatable bonds is 3. The number of aliphatic hydroxyl groups is 2. The van der Waals surface area contributed by atoms with E-state index in [1.165, 1.54) is 0 Å². The standard InChI is InChI=1S/C10H14O2/c1-2-9(11)10(12)8-6-4-3-5-7-8/h3-7,9-12H,2H2,1H3/t9-,10-/m1/s1. The fraction of sp³-hybridized carbons (Fsp3) is 0.400. The van der Waals surface area contributed by atoms with Gasteiger partial charge in [0, 0.05) is 0 Å². The lowest BCUT2D eigenvalue weighted by Gasteiger charge is -2.15. The summed E-state index contributed by atoms with van der Waals surface area (Å²) in [4.78, 5) is 0. The zero-order valence-corrected chi connectivity index (χ0v) is 7.14. The Labute approximate surface area is 72.5 Å². The lowest BCUT2D eigenvalue weighted by atomic mass is 10.0. The third-order valence-electron chi connectivity index (χ3n) is 1.92. The molecule has 1 rings (SSSR count). The number of hydrogen-bond acceptors (Lipinski definition) is 2. The van der Waals surface area contributed by atoms with Gasteiger partial charge in [-0.05, 0) is 12.0 Å². The van der Waals surface area contributed by atoms with Gasteiger partial charge in [-0.1, -0.05) is 37.3 Å². The molecule has 0 aliphatic rings. The van der Waals surface area contributed by atoms with E-state index in [1.54, 1.807) is 0 Å². The molecule has 2 N–H and O–H groups in total. The summed E-state index contributed by atoms with van der Waals surface area (Å²) < 4.78 is 0. The Hall–Kier alpha value is -0.860. The molecule has 0 spiro atoms. The first-order valence-electron chi connectivity index (χ1n) is 4.16. The van der Waals surface area contributed by atoms with E-state index in [9.17, 15) is 10.2 Å². The second-order valence-electron chi connectivity index (χ2n) is 2.83. The molecule has 0 heterocycles. The molecule has 0 aromatic heterocycles. The second-order valence-corrected chi connectivity index (χ2v) is 2.83. The molecule has 1 aromatic rings. The highest BCUT2D eigenvalue weighted by molar-refractivity contribution is 5.18. The molecule has 2 nitrogen and oxygen atoms in total. The maximum absolute atomic E-state index is 9.54. The molecule has 66 valence electrons. The van der Waals surface area contributed by atoms with Crippen molar-refractivity contribution in [3.8, 4) is 0 Å². The molecule has 0 unspecified atom stereocenters. The van der Waals surface area contributed by atoms with Crippen molar-refractivity contribution in [3.63, 3.8) is 0 Å². The molecule has 0 radical (unpaired) electrons. The fourth-order valence-corrected chi connectivity index (χ4v) is 1.10. The summed E-state index contributed by atoms with van der Waals surface area (Å²) in [7, 11) is 0. The average Bonchev–Trinajstić information content (AvgIpc) is 2.17. The number of benzene rings is 1. The highest BCUT2D eigenvalue weighted by atomic mass is 16.3. The van der Waals surface area contributed by atoms with Crippen molar-refractivity contribution < 1.29 is 10.2 Å². The van der Waals surface area contributed by atoms with E-state index in [4.69, 9.17) is 0 Å². The predicted octanol–water partition coefficient (Wildman–Crippen LogP) is 1.49. The lowest BCUT2D eigenvalue weighted by Crippen LogP contribution is -2.16. The largest absolute Gasteiger partial charge is 0.390 e. The van der Waals surface area contributed by atoms with Crippen LogP contribution in [0, 0.1) is 0 Å². The van der Waals surface area contributed by atoms with Crippen LogP contribution in [0.5, 0.6) is 0 Å². The van der Waals surface area contributed by atoms with Gasteiger partial charge in [-0.15, -0.1) is 0 Å². The Morgan fingerprint density at radius 2 is 1.75 bits per heavy atom. The summed E-state index contributed by atoms with van der Waals surface area (Å²) in [6.07, 6.45) is -0.848. The normalized spacial score (nSPS) is 15.6. The zero-order valence-electron chi connectivity index (χ0n) is 7.14. The fourth-order valence-electron chi connectivity index (χ4n) is 1.10. The number of hydrogen-bond donors (Lipinski definition) is 2. The first-order valence-corrected chi connectivity index (χ1v) is 4.16. The smallest absolute Gasteiger partial charge is 0.105 e.